The maximum atomic E-state index is 12.9. The highest BCUT2D eigenvalue weighted by atomic mass is 35.5. The third kappa shape index (κ3) is 5.37. The van der Waals surface area contributed by atoms with Crippen LogP contribution in [0.4, 0.5) is 5.69 Å². The number of sulfonamides is 1. The molecule has 1 aliphatic heterocycles. The third-order valence-electron chi connectivity index (χ3n) is 5.04. The molecule has 0 radical (unpaired) electrons. The molecule has 10 nitrogen and oxygen atoms in total. The van der Waals surface area contributed by atoms with Gasteiger partial charge in [-0.25, -0.2) is 8.42 Å². The van der Waals surface area contributed by atoms with Gasteiger partial charge in [0, 0.05) is 29.2 Å². The highest BCUT2D eigenvalue weighted by molar-refractivity contribution is 7.90. The number of carbonyl (C=O) groups is 1. The van der Waals surface area contributed by atoms with E-state index >= 15 is 0 Å². The van der Waals surface area contributed by atoms with Gasteiger partial charge in [-0.15, -0.1) is 10.2 Å². The fourth-order valence-corrected chi connectivity index (χ4v) is 4.59. The summed E-state index contributed by atoms with van der Waals surface area (Å²) in [6.45, 7) is 2.44. The van der Waals surface area contributed by atoms with Crippen molar-refractivity contribution in [3.8, 4) is 11.4 Å². The Kier molecular flexibility index (Phi) is 6.70. The summed E-state index contributed by atoms with van der Waals surface area (Å²) >= 11 is 5.92. The Bertz CT molecular complexity index is 1290. The number of hydrogen-bond acceptors (Lipinski definition) is 7. The first kappa shape index (κ1) is 22.9. The van der Waals surface area contributed by atoms with Crippen LogP contribution < -0.4 is 10.0 Å². The van der Waals surface area contributed by atoms with Crippen LogP contribution in [-0.2, 0) is 14.8 Å². The van der Waals surface area contributed by atoms with E-state index in [9.17, 15) is 13.2 Å². The molecule has 1 unspecified atom stereocenters. The maximum absolute atomic E-state index is 12.9. The zero-order chi connectivity index (χ0) is 23.4. The number of nitrogens with one attached hydrogen (secondary N) is 2. The van der Waals surface area contributed by atoms with Crippen molar-refractivity contribution in [1.82, 2.24) is 24.9 Å². The van der Waals surface area contributed by atoms with Crippen LogP contribution in [0.25, 0.3) is 11.4 Å². The van der Waals surface area contributed by atoms with Gasteiger partial charge in [0.25, 0.3) is 15.9 Å². The van der Waals surface area contributed by atoms with Gasteiger partial charge in [-0.1, -0.05) is 24.6 Å². The predicted molar refractivity (Wildman–Crippen MR) is 125 cm³/mol. The number of benzene rings is 2. The summed E-state index contributed by atoms with van der Waals surface area (Å²) in [6, 6.07) is 12.3. The topological polar surface area (TPSA) is 131 Å². The smallest absolute Gasteiger partial charge is 0.262 e. The van der Waals surface area contributed by atoms with Gasteiger partial charge >= 0.3 is 0 Å². The molecule has 1 aromatic heterocycles. The Balaban J connectivity index is 1.49. The molecule has 2 heterocycles. The van der Waals surface area contributed by atoms with Crippen molar-refractivity contribution in [2.24, 2.45) is 4.99 Å². The van der Waals surface area contributed by atoms with Gasteiger partial charge in [0.15, 0.2) is 6.04 Å². The average Bonchev–Trinajstić information content (AvgIpc) is 3.47. The first-order valence-electron chi connectivity index (χ1n) is 10.4. The number of aliphatic imine (C=N–C) groups is 1. The summed E-state index contributed by atoms with van der Waals surface area (Å²) < 4.78 is 27.8. The first-order valence-corrected chi connectivity index (χ1v) is 12.2. The van der Waals surface area contributed by atoms with Crippen LogP contribution in [0.15, 0.2) is 58.4 Å². The molecule has 2 N–H and O–H groups in total. The van der Waals surface area contributed by atoms with Gasteiger partial charge in [-0.05, 0) is 60.5 Å². The van der Waals surface area contributed by atoms with E-state index < -0.39 is 16.1 Å². The van der Waals surface area contributed by atoms with Crippen LogP contribution in [0.3, 0.4) is 0 Å². The predicted octanol–water partition coefficient (Wildman–Crippen LogP) is 3.05. The monoisotopic (exact) mass is 487 g/mol. The molecule has 0 aliphatic carbocycles. The highest BCUT2D eigenvalue weighted by Crippen LogP contribution is 2.21. The number of tetrazole rings is 1. The molecule has 0 spiro atoms. The largest absolute Gasteiger partial charge is 0.324 e. The van der Waals surface area contributed by atoms with E-state index in [0.717, 1.165) is 12.0 Å². The molecule has 0 fully saturated rings. The molecule has 4 rings (SSSR count). The number of amidine groups is 1. The molecule has 1 aliphatic rings. The molecule has 1 atom stereocenters. The minimum atomic E-state index is -3.79. The number of nitrogens with zero attached hydrogens (tertiary/aromatic N) is 5. The summed E-state index contributed by atoms with van der Waals surface area (Å²) in [5.41, 5.74) is 1.06. The lowest BCUT2D eigenvalue weighted by Gasteiger charge is -2.14. The lowest BCUT2D eigenvalue weighted by atomic mass is 10.2. The van der Waals surface area contributed by atoms with Gasteiger partial charge in [0.05, 0.1) is 4.90 Å². The zero-order valence-electron chi connectivity index (χ0n) is 17.8. The third-order valence-corrected chi connectivity index (χ3v) is 6.67. The van der Waals surface area contributed by atoms with Crippen LogP contribution in [0.1, 0.15) is 32.2 Å². The Morgan fingerprint density at radius 3 is 2.70 bits per heavy atom. The number of anilines is 1. The summed E-state index contributed by atoms with van der Waals surface area (Å²) in [5, 5.41) is 15.7. The van der Waals surface area contributed by atoms with Crippen molar-refractivity contribution in [2.45, 2.75) is 37.1 Å². The van der Waals surface area contributed by atoms with Crippen LogP contribution in [0, 0.1) is 0 Å². The van der Waals surface area contributed by atoms with E-state index in [4.69, 9.17) is 11.6 Å². The summed E-state index contributed by atoms with van der Waals surface area (Å²) in [4.78, 5) is 18.4. The molecular weight excluding hydrogens is 466 g/mol. The summed E-state index contributed by atoms with van der Waals surface area (Å²) in [6.07, 6.45) is 1.82. The number of aromatic nitrogens is 4. The van der Waals surface area contributed by atoms with Crippen LogP contribution in [0.2, 0.25) is 5.02 Å². The van der Waals surface area contributed by atoms with Crippen molar-refractivity contribution < 1.29 is 13.2 Å². The van der Waals surface area contributed by atoms with Crippen molar-refractivity contribution in [3.05, 3.63) is 53.6 Å². The van der Waals surface area contributed by atoms with Crippen LogP contribution in [0.5, 0.6) is 0 Å². The summed E-state index contributed by atoms with van der Waals surface area (Å²) in [5.74, 6) is 0.427. The molecule has 3 aromatic rings. The van der Waals surface area contributed by atoms with Gasteiger partial charge in [-0.2, -0.15) is 4.80 Å². The minimum Gasteiger partial charge on any atom is -0.324 e. The SMILES string of the molecule is CCC(C(=O)Nc1cccc(S(=O)(=O)NC2=NCCC2)c1)n1nnc(-c2ccc(Cl)cc2)n1. The molecule has 0 bridgehead atoms. The number of carbonyl (C=O) groups excluding carboxylic acids is 1. The van der Waals surface area contributed by atoms with Gasteiger partial charge in [-0.3, -0.25) is 14.5 Å². The van der Waals surface area contributed by atoms with Gasteiger partial charge < -0.3 is 5.32 Å². The number of hydrogen-bond donors (Lipinski definition) is 2. The lowest BCUT2D eigenvalue weighted by molar-refractivity contribution is -0.120. The van der Waals surface area contributed by atoms with Crippen LogP contribution in [-0.4, -0.2) is 46.9 Å². The van der Waals surface area contributed by atoms with Crippen molar-refractivity contribution >= 4 is 39.1 Å². The van der Waals surface area contributed by atoms with Crippen molar-refractivity contribution in [2.75, 3.05) is 11.9 Å². The van der Waals surface area contributed by atoms with Gasteiger partial charge in [0.2, 0.25) is 5.82 Å². The molecule has 0 saturated carbocycles. The Labute approximate surface area is 196 Å². The second kappa shape index (κ2) is 9.67. The summed E-state index contributed by atoms with van der Waals surface area (Å²) in [7, 11) is -3.79. The quantitative estimate of drug-likeness (QED) is 0.526. The molecule has 172 valence electrons. The molecule has 33 heavy (non-hydrogen) atoms. The Morgan fingerprint density at radius 1 is 1.21 bits per heavy atom. The maximum Gasteiger partial charge on any atom is 0.262 e. The number of rotatable bonds is 7. The van der Waals surface area contributed by atoms with E-state index in [0.29, 0.717) is 41.8 Å². The average molecular weight is 488 g/mol. The molecular formula is C21H22ClN7O3S. The van der Waals surface area contributed by atoms with E-state index in [1.165, 1.54) is 16.9 Å². The fourth-order valence-electron chi connectivity index (χ4n) is 3.33. The zero-order valence-corrected chi connectivity index (χ0v) is 19.3. The van der Waals surface area contributed by atoms with Gasteiger partial charge in [0.1, 0.15) is 5.84 Å². The van der Waals surface area contributed by atoms with E-state index in [1.807, 2.05) is 6.92 Å². The second-order valence-electron chi connectivity index (χ2n) is 7.42. The van der Waals surface area contributed by atoms with E-state index in [2.05, 4.69) is 30.4 Å². The minimum absolute atomic E-state index is 0.0341. The highest BCUT2D eigenvalue weighted by Gasteiger charge is 2.23. The number of amides is 1. The van der Waals surface area contributed by atoms with Crippen molar-refractivity contribution in [1.29, 1.82) is 0 Å². The van der Waals surface area contributed by atoms with Crippen LogP contribution >= 0.6 is 11.6 Å². The normalized spacial score (nSPS) is 14.5. The number of halogens is 1. The molecule has 12 heteroatoms. The molecule has 1 amide bonds. The Morgan fingerprint density at radius 2 is 2.00 bits per heavy atom. The van der Waals surface area contributed by atoms with E-state index in [-0.39, 0.29) is 10.8 Å². The van der Waals surface area contributed by atoms with Crippen molar-refractivity contribution in [3.63, 3.8) is 0 Å². The van der Waals surface area contributed by atoms with E-state index in [1.54, 1.807) is 36.4 Å². The molecule has 2 aromatic carbocycles. The first-order chi connectivity index (χ1) is 15.9. The lowest BCUT2D eigenvalue weighted by Crippen LogP contribution is -2.29. The molecule has 0 saturated heterocycles. The Hall–Kier alpha value is -3.31. The fraction of sp³-hybridized carbons (Fsp3) is 0.286. The standard InChI is InChI=1S/C21H22ClN7O3S/c1-2-18(29-26-20(25-28-29)14-8-10-15(22)11-9-14)21(30)24-16-5-3-6-17(13-16)33(31,32)27-19-7-4-12-23-19/h3,5-6,8-11,13,18H,2,4,7,12H2,1H3,(H,23,27)(H,24,30). The second-order valence-corrected chi connectivity index (χ2v) is 9.54.